The number of hydrogen-bond acceptors (Lipinski definition) is 16. The fourth-order valence-electron chi connectivity index (χ4n) is 12.8. The Bertz CT molecular complexity index is 3780. The molecule has 6 saturated heterocycles. The number of carbonyl (C=O) groups is 3. The lowest BCUT2D eigenvalue weighted by atomic mass is 9.73. The number of likely N-dealkylation sites (tertiary alicyclic amines) is 1. The summed E-state index contributed by atoms with van der Waals surface area (Å²) in [7, 11) is -37.8. The van der Waals surface area contributed by atoms with Crippen LogP contribution in [0.5, 0.6) is 0 Å². The summed E-state index contributed by atoms with van der Waals surface area (Å²) < 4.78 is 102. The predicted molar refractivity (Wildman–Crippen MR) is 353 cm³/mol. The van der Waals surface area contributed by atoms with Crippen molar-refractivity contribution in [3.05, 3.63) is 260 Å². The second-order valence-electron chi connectivity index (χ2n) is 23.1. The van der Waals surface area contributed by atoms with Gasteiger partial charge in [-0.15, -0.1) is 0 Å². The first-order valence-corrected chi connectivity index (χ1v) is 44.9. The van der Waals surface area contributed by atoms with Crippen molar-refractivity contribution in [2.75, 3.05) is 6.54 Å². The number of nitrogens with zero attached hydrogens (tertiary/aromatic N) is 1. The van der Waals surface area contributed by atoms with Crippen molar-refractivity contribution in [1.82, 2.24) is 4.90 Å². The van der Waals surface area contributed by atoms with Gasteiger partial charge in [-0.25, -0.2) is 0 Å². The molecule has 458 valence electrons. The maximum absolute atomic E-state index is 15.6. The summed E-state index contributed by atoms with van der Waals surface area (Å²) in [5, 5.41) is 4.16. The molecule has 1 amide bonds. The van der Waals surface area contributed by atoms with E-state index in [0.29, 0.717) is 36.8 Å². The summed E-state index contributed by atoms with van der Waals surface area (Å²) in [4.78, 5) is 43.5. The summed E-state index contributed by atoms with van der Waals surface area (Å²) in [5.74, 6) is -4.19. The molecule has 0 saturated carbocycles. The average Bonchev–Trinajstić information content (AvgIpc) is 0.736. The highest BCUT2D eigenvalue weighted by Gasteiger charge is 2.81. The van der Waals surface area contributed by atoms with E-state index in [1.54, 1.807) is 11.8 Å². The number of esters is 2. The highest BCUT2D eigenvalue weighted by molar-refractivity contribution is 7.10. The maximum Gasteiger partial charge on any atom is 0.515 e. The Kier molecular flexibility index (Phi) is 16.9. The number of allylic oxidation sites excluding steroid dienone is 1. The van der Waals surface area contributed by atoms with Crippen molar-refractivity contribution >= 4 is 136 Å². The molecule has 26 heteroatoms. The monoisotopic (exact) mass is 1360 g/mol. The third-order valence-corrected chi connectivity index (χ3v) is 51.5. The Labute approximate surface area is 534 Å². The van der Waals surface area contributed by atoms with E-state index >= 15 is 4.79 Å². The van der Waals surface area contributed by atoms with Gasteiger partial charge in [0, 0.05) is 55.3 Å². The van der Waals surface area contributed by atoms with Crippen LogP contribution in [0.1, 0.15) is 38.2 Å². The van der Waals surface area contributed by atoms with Crippen molar-refractivity contribution in [2.45, 2.75) is 38.7 Å². The highest BCUT2D eigenvalue weighted by atomic mass is 28.6. The zero-order valence-electron chi connectivity index (χ0n) is 49.4. The molecule has 6 heterocycles. The number of cyclic esters (lactones) is 2. The minimum absolute atomic E-state index is 0.0443. The zero-order valence-corrected chi connectivity index (χ0v) is 59.2. The first-order chi connectivity index (χ1) is 43.8. The van der Waals surface area contributed by atoms with Crippen molar-refractivity contribution in [1.29, 1.82) is 0 Å². The van der Waals surface area contributed by atoms with Crippen LogP contribution in [0.4, 0.5) is 0 Å². The minimum atomic E-state index is -4.95. The summed E-state index contributed by atoms with van der Waals surface area (Å²) in [5.41, 5.74) is 1.48. The van der Waals surface area contributed by atoms with Crippen molar-refractivity contribution in [3.63, 3.8) is 0 Å². The van der Waals surface area contributed by atoms with Crippen LogP contribution < -0.4 is 36.3 Å². The smallest absolute Gasteiger partial charge is 0.418 e. The van der Waals surface area contributed by atoms with Gasteiger partial charge in [-0.2, -0.15) is 0 Å². The van der Waals surface area contributed by atoms with E-state index in [-0.39, 0.29) is 37.3 Å². The number of hydrogen-bond donors (Lipinski definition) is 0. The molecule has 6 aliphatic rings. The lowest BCUT2D eigenvalue weighted by Gasteiger charge is -2.59. The normalized spacial score (nSPS) is 32.2. The zero-order chi connectivity index (χ0) is 61.6. The Morgan fingerprint density at radius 1 is 0.467 bits per heavy atom. The van der Waals surface area contributed by atoms with Crippen LogP contribution in [0.15, 0.2) is 255 Å². The molecule has 0 radical (unpaired) electrons. The van der Waals surface area contributed by atoms with E-state index in [1.165, 1.54) is 0 Å². The SMILES string of the molecule is C=C1C(C)C(C(CC2C(=O)OC(=O)C2C)c2ccccc2)C(=O)N1CCC[Si]1(O[SiH2]c2ccccc2)O[Si]2(c3ccccc3)O[Si]3(c4ccccc4)O[SiH2]O[Si]4(c5ccccc5)O[Si](c5ccccc5)(O1)O[Si](c1ccccc1)(O2)O[Si](c1ccccc1)(O3)O4. The second kappa shape index (κ2) is 24.9. The van der Waals surface area contributed by atoms with E-state index in [0.717, 1.165) is 10.8 Å². The van der Waals surface area contributed by atoms with E-state index in [2.05, 4.69) is 6.58 Å². The molecule has 6 bridgehead atoms. The molecular weight excluding hydrogens is 1290 g/mol. The van der Waals surface area contributed by atoms with Crippen LogP contribution in [0.25, 0.3) is 0 Å². The second-order valence-corrected chi connectivity index (χ2v) is 47.3. The van der Waals surface area contributed by atoms with Crippen molar-refractivity contribution in [3.8, 4) is 0 Å². The van der Waals surface area contributed by atoms with Gasteiger partial charge in [-0.1, -0.05) is 263 Å². The van der Waals surface area contributed by atoms with Gasteiger partial charge in [0.2, 0.25) is 5.91 Å². The van der Waals surface area contributed by atoms with Gasteiger partial charge in [0.05, 0.1) is 17.8 Å². The number of carbonyl (C=O) groups excluding carboxylic acids is 3. The molecule has 6 aliphatic heterocycles. The lowest BCUT2D eigenvalue weighted by Crippen LogP contribution is -2.91. The van der Waals surface area contributed by atoms with Gasteiger partial charge >= 0.3 is 73.6 Å². The molecule has 0 aliphatic carbocycles. The van der Waals surface area contributed by atoms with Gasteiger partial charge in [-0.05, 0) is 29.5 Å². The Hall–Kier alpha value is -6.42. The van der Waals surface area contributed by atoms with Crippen molar-refractivity contribution < 1.29 is 68.5 Å². The van der Waals surface area contributed by atoms with Crippen LogP contribution in [-0.2, 0) is 68.5 Å². The number of benzene rings is 8. The molecule has 9 unspecified atom stereocenters. The summed E-state index contributed by atoms with van der Waals surface area (Å²) in [6, 6.07) is 76.9. The lowest BCUT2D eigenvalue weighted by molar-refractivity contribution is -0.154. The van der Waals surface area contributed by atoms with Crippen molar-refractivity contribution in [2.24, 2.45) is 23.7 Å². The number of rotatable bonds is 17. The largest absolute Gasteiger partial charge is 0.515 e. The molecule has 17 nitrogen and oxygen atoms in total. The molecular formula is C64H65NO16Si9. The molecule has 8 aromatic carbocycles. The highest BCUT2D eigenvalue weighted by Crippen LogP contribution is 2.48. The molecule has 14 rings (SSSR count). The van der Waals surface area contributed by atoms with Crippen LogP contribution >= 0.6 is 0 Å². The Balaban J connectivity index is 0.990. The number of ether oxygens (including phenoxy) is 1. The van der Waals surface area contributed by atoms with Crippen LogP contribution in [-0.4, -0.2) is 111 Å². The van der Waals surface area contributed by atoms with E-state index in [4.69, 9.17) is 54.1 Å². The van der Waals surface area contributed by atoms with Gasteiger partial charge in [0.15, 0.2) is 9.76 Å². The first kappa shape index (κ1) is 61.1. The molecule has 0 spiro atoms. The molecule has 0 aromatic heterocycles. The summed E-state index contributed by atoms with van der Waals surface area (Å²) in [6.07, 6.45) is 0.453. The molecule has 9 atom stereocenters. The number of fused-ring (bicyclic) bond motifs is 4. The Morgan fingerprint density at radius 3 is 1.21 bits per heavy atom. The fraction of sp³-hybridized carbons (Fsp3) is 0.172. The third kappa shape index (κ3) is 11.3. The quantitative estimate of drug-likeness (QED) is 0.0722. The topological polar surface area (TPSA) is 174 Å². The number of amides is 1. The molecule has 6 fully saturated rings. The van der Waals surface area contributed by atoms with Crippen LogP contribution in [0.3, 0.4) is 0 Å². The van der Waals surface area contributed by atoms with Crippen LogP contribution in [0, 0.1) is 23.7 Å². The molecule has 0 N–H and O–H groups in total. The standard InChI is InChI=1S/C64H65NO16Si9/c1-48-50(3)65(62(66)61(48)60(51-29-12-4-13-30-51)47-59-49(2)63(67)69-64(59)68)45-28-46-84(70-82-52-31-14-5-15-32-52)73-87(55-37-20-8-21-38-55)75-85(53-33-16-6-17-34-53)71-83-72-86(54-35-18-7-19-36-54)76-88(74-84,56-39-22-9-23-40-56)80-90(79-87,58-43-26-11-27-44-58)81-89(77-85,78-86)57-41-24-10-25-42-57/h4-27,29-44,48-49,59-61H,3,28,45-47,82-83H2,1-2H3. The van der Waals surface area contributed by atoms with Gasteiger partial charge in [0.25, 0.3) is 10.0 Å². The molecule has 90 heavy (non-hydrogen) atoms. The predicted octanol–water partition coefficient (Wildman–Crippen LogP) is 4.17. The van der Waals surface area contributed by atoms with E-state index in [1.807, 2.05) is 250 Å². The van der Waals surface area contributed by atoms with Gasteiger partial charge < -0.3 is 59.0 Å². The average molecular weight is 1360 g/mol. The summed E-state index contributed by atoms with van der Waals surface area (Å²) >= 11 is 0. The van der Waals surface area contributed by atoms with Gasteiger partial charge in [-0.3, -0.25) is 14.4 Å². The summed E-state index contributed by atoms with van der Waals surface area (Å²) in [6.45, 7) is 8.45. The maximum atomic E-state index is 15.6. The minimum Gasteiger partial charge on any atom is -0.418 e. The molecule has 8 aromatic rings. The van der Waals surface area contributed by atoms with Gasteiger partial charge in [0.1, 0.15) is 0 Å². The van der Waals surface area contributed by atoms with E-state index in [9.17, 15) is 9.59 Å². The fourth-order valence-corrected chi connectivity index (χ4v) is 57.2. The van der Waals surface area contributed by atoms with Crippen LogP contribution in [0.2, 0.25) is 6.04 Å². The Morgan fingerprint density at radius 2 is 0.822 bits per heavy atom. The third-order valence-electron chi connectivity index (χ3n) is 17.5. The van der Waals surface area contributed by atoms with E-state index < -0.39 is 117 Å². The first-order valence-electron chi connectivity index (χ1n) is 30.2.